The van der Waals surface area contributed by atoms with E-state index in [1.54, 1.807) is 65.8 Å². The predicted octanol–water partition coefficient (Wildman–Crippen LogP) is 3.43. The number of aliphatic hydroxyl groups is 1. The third kappa shape index (κ3) is 9.27. The summed E-state index contributed by atoms with van der Waals surface area (Å²) in [6, 6.07) is 6.27. The molecule has 0 spiro atoms. The molecule has 146 valence electrons. The van der Waals surface area contributed by atoms with E-state index in [0.717, 1.165) is 5.56 Å². The van der Waals surface area contributed by atoms with Crippen molar-refractivity contribution in [3.63, 3.8) is 0 Å². The van der Waals surface area contributed by atoms with Crippen LogP contribution in [0, 0.1) is 0 Å². The molecule has 1 aromatic carbocycles. The standard InChI is InChI=1S/C19H29NO6/c1-18(2,3)25-16(22)20-14(12-21)11-13-7-9-15(10-8-13)24-17(23)26-19(4,5)6/h7-10,14,21H,11-12H2,1-6H3,(H,20,22). The average molecular weight is 367 g/mol. The van der Waals surface area contributed by atoms with E-state index in [1.165, 1.54) is 0 Å². The first-order valence-electron chi connectivity index (χ1n) is 8.48. The summed E-state index contributed by atoms with van der Waals surface area (Å²) in [6.45, 7) is 10.3. The van der Waals surface area contributed by atoms with Crippen molar-refractivity contribution in [1.82, 2.24) is 5.32 Å². The fourth-order valence-electron chi connectivity index (χ4n) is 1.98. The lowest BCUT2D eigenvalue weighted by atomic mass is 10.1. The summed E-state index contributed by atoms with van der Waals surface area (Å²) in [4.78, 5) is 23.4. The van der Waals surface area contributed by atoms with Crippen molar-refractivity contribution in [3.05, 3.63) is 29.8 Å². The highest BCUT2D eigenvalue weighted by Gasteiger charge is 2.20. The van der Waals surface area contributed by atoms with E-state index in [1.807, 2.05) is 0 Å². The SMILES string of the molecule is CC(C)(C)OC(=O)NC(CO)Cc1ccc(OC(=O)OC(C)(C)C)cc1. The van der Waals surface area contributed by atoms with E-state index in [2.05, 4.69) is 5.32 Å². The zero-order valence-corrected chi connectivity index (χ0v) is 16.3. The molecule has 0 aliphatic carbocycles. The Morgan fingerprint density at radius 2 is 1.54 bits per heavy atom. The topological polar surface area (TPSA) is 94.1 Å². The van der Waals surface area contributed by atoms with Crippen LogP contribution in [0.4, 0.5) is 9.59 Å². The molecule has 26 heavy (non-hydrogen) atoms. The molecule has 0 aliphatic rings. The first kappa shape index (κ1) is 21.8. The van der Waals surface area contributed by atoms with Gasteiger partial charge >= 0.3 is 12.2 Å². The number of amides is 1. The summed E-state index contributed by atoms with van der Waals surface area (Å²) in [5.41, 5.74) is -0.375. The molecular weight excluding hydrogens is 338 g/mol. The molecular formula is C19H29NO6. The second-order valence-corrected chi connectivity index (χ2v) is 7.94. The third-order valence-electron chi connectivity index (χ3n) is 2.94. The molecule has 7 heteroatoms. The molecule has 2 N–H and O–H groups in total. The predicted molar refractivity (Wildman–Crippen MR) is 97.3 cm³/mol. The molecule has 1 rings (SSSR count). The maximum atomic E-state index is 11.8. The van der Waals surface area contributed by atoms with E-state index in [9.17, 15) is 14.7 Å². The quantitative estimate of drug-likeness (QED) is 0.612. The molecule has 0 saturated carbocycles. The molecule has 0 fully saturated rings. The van der Waals surface area contributed by atoms with Crippen LogP contribution in [0.15, 0.2) is 24.3 Å². The molecule has 0 heterocycles. The van der Waals surface area contributed by atoms with Gasteiger partial charge in [0.05, 0.1) is 12.6 Å². The first-order chi connectivity index (χ1) is 11.9. The average Bonchev–Trinajstić information content (AvgIpc) is 2.44. The Hall–Kier alpha value is -2.28. The van der Waals surface area contributed by atoms with Crippen molar-refractivity contribution >= 4 is 12.2 Å². The molecule has 0 aliphatic heterocycles. The minimum absolute atomic E-state index is 0.227. The van der Waals surface area contributed by atoms with Gasteiger partial charge < -0.3 is 24.6 Å². The molecule has 7 nitrogen and oxygen atoms in total. The summed E-state index contributed by atoms with van der Waals surface area (Å²) in [6.07, 6.45) is -0.950. The van der Waals surface area contributed by atoms with E-state index in [4.69, 9.17) is 14.2 Å². The Kier molecular flexibility index (Phi) is 7.44. The Labute approximate surface area is 154 Å². The Morgan fingerprint density at radius 1 is 1.00 bits per heavy atom. The van der Waals surface area contributed by atoms with E-state index in [0.29, 0.717) is 12.2 Å². The largest absolute Gasteiger partial charge is 0.514 e. The maximum absolute atomic E-state index is 11.8. The Morgan fingerprint density at radius 3 is 2.00 bits per heavy atom. The number of benzene rings is 1. The number of carbonyl (C=O) groups excluding carboxylic acids is 2. The van der Waals surface area contributed by atoms with Gasteiger partial charge in [-0.1, -0.05) is 12.1 Å². The van der Waals surface area contributed by atoms with E-state index in [-0.39, 0.29) is 6.61 Å². The van der Waals surface area contributed by atoms with Crippen molar-refractivity contribution in [2.45, 2.75) is 65.2 Å². The van der Waals surface area contributed by atoms with Crippen molar-refractivity contribution < 1.29 is 28.9 Å². The number of hydrogen-bond donors (Lipinski definition) is 2. The number of rotatable bonds is 5. The van der Waals surface area contributed by atoms with Gasteiger partial charge in [0.1, 0.15) is 17.0 Å². The van der Waals surface area contributed by atoms with Crippen LogP contribution in [0.2, 0.25) is 0 Å². The van der Waals surface area contributed by atoms with Crippen LogP contribution in [-0.2, 0) is 15.9 Å². The van der Waals surface area contributed by atoms with Crippen LogP contribution in [0.1, 0.15) is 47.1 Å². The molecule has 0 radical (unpaired) electrons. The van der Waals surface area contributed by atoms with Gasteiger partial charge in [-0.05, 0) is 65.7 Å². The van der Waals surface area contributed by atoms with Gasteiger partial charge in [-0.25, -0.2) is 9.59 Å². The van der Waals surface area contributed by atoms with Gasteiger partial charge in [0.2, 0.25) is 0 Å². The lowest BCUT2D eigenvalue weighted by Crippen LogP contribution is -2.42. The number of aliphatic hydroxyl groups excluding tert-OH is 1. The molecule has 1 aromatic rings. The Balaban J connectivity index is 2.59. The van der Waals surface area contributed by atoms with Crippen molar-refractivity contribution in [1.29, 1.82) is 0 Å². The molecule has 1 unspecified atom stereocenters. The van der Waals surface area contributed by atoms with Gasteiger partial charge in [0.25, 0.3) is 0 Å². The minimum atomic E-state index is -0.773. The molecule has 0 bridgehead atoms. The number of alkyl carbamates (subject to hydrolysis) is 1. The summed E-state index contributed by atoms with van der Waals surface area (Å²) in [5, 5.41) is 12.1. The van der Waals surface area contributed by atoms with Gasteiger partial charge in [0, 0.05) is 0 Å². The van der Waals surface area contributed by atoms with E-state index >= 15 is 0 Å². The fourth-order valence-corrected chi connectivity index (χ4v) is 1.98. The highest BCUT2D eigenvalue weighted by Crippen LogP contribution is 2.16. The molecule has 1 amide bonds. The van der Waals surface area contributed by atoms with Crippen LogP contribution in [0.25, 0.3) is 0 Å². The second kappa shape index (κ2) is 8.89. The van der Waals surface area contributed by atoms with Gasteiger partial charge in [-0.3, -0.25) is 0 Å². The number of hydrogen-bond acceptors (Lipinski definition) is 6. The van der Waals surface area contributed by atoms with Crippen LogP contribution in [-0.4, -0.2) is 41.2 Å². The van der Waals surface area contributed by atoms with Crippen molar-refractivity contribution in [3.8, 4) is 5.75 Å². The van der Waals surface area contributed by atoms with E-state index < -0.39 is 29.5 Å². The summed E-state index contributed by atoms with van der Waals surface area (Å²) in [5.74, 6) is 0.351. The summed E-state index contributed by atoms with van der Waals surface area (Å²) in [7, 11) is 0. The smallest absolute Gasteiger partial charge is 0.444 e. The first-order valence-corrected chi connectivity index (χ1v) is 8.48. The van der Waals surface area contributed by atoms with Crippen molar-refractivity contribution in [2.75, 3.05) is 6.61 Å². The molecule has 1 atom stereocenters. The summed E-state index contributed by atoms with van der Waals surface area (Å²) < 4.78 is 15.4. The van der Waals surface area contributed by atoms with Crippen LogP contribution in [0.3, 0.4) is 0 Å². The lowest BCUT2D eigenvalue weighted by Gasteiger charge is -2.23. The normalized spacial score (nSPS) is 12.9. The minimum Gasteiger partial charge on any atom is -0.444 e. The van der Waals surface area contributed by atoms with Gasteiger partial charge in [-0.2, -0.15) is 0 Å². The number of carbonyl (C=O) groups is 2. The van der Waals surface area contributed by atoms with Gasteiger partial charge in [0.15, 0.2) is 0 Å². The van der Waals surface area contributed by atoms with Gasteiger partial charge in [-0.15, -0.1) is 0 Å². The zero-order valence-electron chi connectivity index (χ0n) is 16.3. The molecule has 0 saturated heterocycles. The lowest BCUT2D eigenvalue weighted by molar-refractivity contribution is 0.0205. The van der Waals surface area contributed by atoms with Crippen LogP contribution < -0.4 is 10.1 Å². The Bertz CT molecular complexity index is 598. The summed E-state index contributed by atoms with van der Waals surface area (Å²) >= 11 is 0. The highest BCUT2D eigenvalue weighted by atomic mass is 16.7. The monoisotopic (exact) mass is 367 g/mol. The number of nitrogens with one attached hydrogen (secondary N) is 1. The maximum Gasteiger partial charge on any atom is 0.514 e. The zero-order chi connectivity index (χ0) is 20.0. The highest BCUT2D eigenvalue weighted by molar-refractivity contribution is 5.68. The molecule has 0 aromatic heterocycles. The number of ether oxygens (including phenoxy) is 3. The van der Waals surface area contributed by atoms with Crippen LogP contribution in [0.5, 0.6) is 5.75 Å². The van der Waals surface area contributed by atoms with Crippen molar-refractivity contribution in [2.24, 2.45) is 0 Å². The fraction of sp³-hybridized carbons (Fsp3) is 0.579. The van der Waals surface area contributed by atoms with Crippen LogP contribution >= 0.6 is 0 Å². The second-order valence-electron chi connectivity index (χ2n) is 7.94. The third-order valence-corrected chi connectivity index (χ3v) is 2.94.